The van der Waals surface area contributed by atoms with Gasteiger partial charge in [0.15, 0.2) is 0 Å². The quantitative estimate of drug-likeness (QED) is 0.728. The van der Waals surface area contributed by atoms with Gasteiger partial charge in [0.05, 0.1) is 4.90 Å². The summed E-state index contributed by atoms with van der Waals surface area (Å²) in [5.41, 5.74) is 0. The largest absolute Gasteiger partial charge is 0.340 e. The molecule has 0 saturated carbocycles. The molecule has 1 unspecified atom stereocenters. The molecule has 0 bridgehead atoms. The molecule has 2 rings (SSSR count). The van der Waals surface area contributed by atoms with Crippen LogP contribution in [0.4, 0.5) is 0 Å². The average Bonchev–Trinajstić information content (AvgIpc) is 2.59. The Morgan fingerprint density at radius 1 is 1.27 bits per heavy atom. The van der Waals surface area contributed by atoms with E-state index in [1.54, 1.807) is 17.0 Å². The first-order valence-electron chi connectivity index (χ1n) is 8.85. The fourth-order valence-electron chi connectivity index (χ4n) is 3.09. The van der Waals surface area contributed by atoms with E-state index >= 15 is 0 Å². The molecule has 1 saturated heterocycles. The fourth-order valence-corrected chi connectivity index (χ4v) is 4.70. The third-order valence-electron chi connectivity index (χ3n) is 4.78. The minimum Gasteiger partial charge on any atom is -0.340 e. The molecule has 2 atom stereocenters. The normalized spacial score (nSPS) is 19.8. The van der Waals surface area contributed by atoms with Gasteiger partial charge in [-0.15, -0.1) is 0 Å². The van der Waals surface area contributed by atoms with E-state index in [1.165, 1.54) is 12.1 Å². The van der Waals surface area contributed by atoms with E-state index in [0.717, 1.165) is 17.3 Å². The van der Waals surface area contributed by atoms with Crippen LogP contribution in [0.2, 0.25) is 0 Å². The second-order valence-corrected chi connectivity index (χ2v) is 9.97. The number of sulfonamides is 1. The van der Waals surface area contributed by atoms with E-state index in [0.29, 0.717) is 19.1 Å². The highest BCUT2D eigenvalue weighted by molar-refractivity contribution is 9.10. The number of halogens is 1. The lowest BCUT2D eigenvalue weighted by Gasteiger charge is -2.38. The number of carbonyl (C=O) groups excluding carboxylic acids is 1. The van der Waals surface area contributed by atoms with Gasteiger partial charge >= 0.3 is 0 Å². The fraction of sp³-hybridized carbons (Fsp3) is 0.611. The van der Waals surface area contributed by atoms with Crippen LogP contribution in [-0.2, 0) is 14.8 Å². The number of amides is 1. The van der Waals surface area contributed by atoms with Crippen LogP contribution in [0.25, 0.3) is 0 Å². The van der Waals surface area contributed by atoms with Crippen molar-refractivity contribution in [1.29, 1.82) is 0 Å². The van der Waals surface area contributed by atoms with Gasteiger partial charge in [-0.1, -0.05) is 29.8 Å². The molecule has 1 aromatic rings. The molecule has 0 aromatic heterocycles. The van der Waals surface area contributed by atoms with Crippen molar-refractivity contribution < 1.29 is 13.2 Å². The minimum absolute atomic E-state index is 0.146. The number of hydrogen-bond acceptors (Lipinski definition) is 4. The molecule has 6 nitrogen and oxygen atoms in total. The van der Waals surface area contributed by atoms with Gasteiger partial charge in [0, 0.05) is 23.6 Å². The first kappa shape index (κ1) is 21.3. The SMILES string of the molecule is CC(C)[C@H](NS(=O)(=O)c1ccc(Br)cc1)C(=O)N1CCCC(N(C)C)C1. The molecule has 1 fully saturated rings. The molecule has 1 N–H and O–H groups in total. The lowest BCUT2D eigenvalue weighted by Crippen LogP contribution is -2.55. The van der Waals surface area contributed by atoms with Crippen molar-refractivity contribution in [1.82, 2.24) is 14.5 Å². The minimum atomic E-state index is -3.76. The molecule has 1 aromatic carbocycles. The molecular weight excluding hydrogens is 418 g/mol. The molecule has 0 radical (unpaired) electrons. The van der Waals surface area contributed by atoms with E-state index in [4.69, 9.17) is 0 Å². The van der Waals surface area contributed by atoms with Gasteiger partial charge in [0.2, 0.25) is 15.9 Å². The summed E-state index contributed by atoms with van der Waals surface area (Å²) < 4.78 is 28.8. The highest BCUT2D eigenvalue weighted by Crippen LogP contribution is 2.19. The molecule has 0 aliphatic carbocycles. The van der Waals surface area contributed by atoms with Crippen LogP contribution in [0.1, 0.15) is 26.7 Å². The highest BCUT2D eigenvalue weighted by atomic mass is 79.9. The summed E-state index contributed by atoms with van der Waals surface area (Å²) in [6.45, 7) is 5.03. The Hall–Kier alpha value is -0.960. The highest BCUT2D eigenvalue weighted by Gasteiger charge is 2.34. The number of piperidine rings is 1. The van der Waals surface area contributed by atoms with Gasteiger partial charge in [-0.3, -0.25) is 4.79 Å². The summed E-state index contributed by atoms with van der Waals surface area (Å²) in [4.78, 5) is 17.1. The van der Waals surface area contributed by atoms with E-state index in [9.17, 15) is 13.2 Å². The molecule has 8 heteroatoms. The molecular formula is C18H28BrN3O3S. The average molecular weight is 446 g/mol. The van der Waals surface area contributed by atoms with Crippen LogP contribution >= 0.6 is 15.9 Å². The molecule has 1 aliphatic rings. The summed E-state index contributed by atoms with van der Waals surface area (Å²) in [6.07, 6.45) is 1.98. The Kier molecular flexibility index (Phi) is 7.24. The third-order valence-corrected chi connectivity index (χ3v) is 6.76. The lowest BCUT2D eigenvalue weighted by atomic mass is 10.00. The molecule has 26 heavy (non-hydrogen) atoms. The number of nitrogens with one attached hydrogen (secondary N) is 1. The first-order valence-corrected chi connectivity index (χ1v) is 11.1. The van der Waals surface area contributed by atoms with Crippen molar-refractivity contribution >= 4 is 31.9 Å². The molecule has 146 valence electrons. The zero-order chi connectivity index (χ0) is 19.5. The first-order chi connectivity index (χ1) is 12.1. The van der Waals surface area contributed by atoms with E-state index in [1.807, 2.05) is 27.9 Å². The summed E-state index contributed by atoms with van der Waals surface area (Å²) in [5, 5.41) is 0. The number of nitrogens with zero attached hydrogens (tertiary/aromatic N) is 2. The summed E-state index contributed by atoms with van der Waals surface area (Å²) >= 11 is 3.30. The Balaban J connectivity index is 2.17. The maximum atomic E-state index is 13.0. The van der Waals surface area contributed by atoms with Crippen molar-refractivity contribution in [3.63, 3.8) is 0 Å². The van der Waals surface area contributed by atoms with Crippen molar-refractivity contribution in [2.45, 2.75) is 43.7 Å². The van der Waals surface area contributed by atoms with Gasteiger partial charge in [0.1, 0.15) is 6.04 Å². The smallest absolute Gasteiger partial charge is 0.241 e. The predicted octanol–water partition coefficient (Wildman–Crippen LogP) is 2.30. The zero-order valence-corrected chi connectivity index (χ0v) is 18.2. The van der Waals surface area contributed by atoms with Crippen LogP contribution in [0.3, 0.4) is 0 Å². The van der Waals surface area contributed by atoms with Crippen LogP contribution in [0.15, 0.2) is 33.6 Å². The topological polar surface area (TPSA) is 69.7 Å². The number of rotatable bonds is 6. The molecule has 0 spiro atoms. The Labute approximate surface area is 165 Å². The molecule has 1 amide bonds. The Morgan fingerprint density at radius 3 is 2.42 bits per heavy atom. The third kappa shape index (κ3) is 5.28. The number of likely N-dealkylation sites (N-methyl/N-ethyl adjacent to an activating group) is 1. The Morgan fingerprint density at radius 2 is 1.88 bits per heavy atom. The van der Waals surface area contributed by atoms with Crippen LogP contribution in [0, 0.1) is 5.92 Å². The maximum absolute atomic E-state index is 13.0. The van der Waals surface area contributed by atoms with Crippen LogP contribution in [0.5, 0.6) is 0 Å². The van der Waals surface area contributed by atoms with Gasteiger partial charge < -0.3 is 9.80 Å². The molecule has 1 aliphatic heterocycles. The van der Waals surface area contributed by atoms with Crippen LogP contribution < -0.4 is 4.72 Å². The number of hydrogen-bond donors (Lipinski definition) is 1. The summed E-state index contributed by atoms with van der Waals surface area (Å²) in [6, 6.07) is 5.93. The predicted molar refractivity (Wildman–Crippen MR) is 106 cm³/mol. The van der Waals surface area contributed by atoms with Crippen molar-refractivity contribution in [2.75, 3.05) is 27.2 Å². The summed E-state index contributed by atoms with van der Waals surface area (Å²) in [5.74, 6) is -0.292. The van der Waals surface area contributed by atoms with Gasteiger partial charge in [0.25, 0.3) is 0 Å². The standard InChI is InChI=1S/C18H28BrN3O3S/c1-13(2)17(18(23)22-11-5-6-15(12-22)21(3)4)20-26(24,25)16-9-7-14(19)8-10-16/h7-10,13,15,17,20H,5-6,11-12H2,1-4H3/t15?,17-/m0/s1. The van der Waals surface area contributed by atoms with E-state index < -0.39 is 16.1 Å². The Bertz CT molecular complexity index is 720. The zero-order valence-electron chi connectivity index (χ0n) is 15.8. The lowest BCUT2D eigenvalue weighted by molar-refractivity contribution is -0.136. The van der Waals surface area contributed by atoms with E-state index in [2.05, 4.69) is 25.6 Å². The van der Waals surface area contributed by atoms with Crippen molar-refractivity contribution in [3.8, 4) is 0 Å². The summed E-state index contributed by atoms with van der Waals surface area (Å²) in [7, 11) is 0.254. The number of benzene rings is 1. The monoisotopic (exact) mass is 445 g/mol. The second kappa shape index (κ2) is 8.82. The number of carbonyl (C=O) groups is 1. The maximum Gasteiger partial charge on any atom is 0.241 e. The van der Waals surface area contributed by atoms with E-state index in [-0.39, 0.29) is 16.7 Å². The van der Waals surface area contributed by atoms with Crippen LogP contribution in [-0.4, -0.2) is 63.4 Å². The van der Waals surface area contributed by atoms with Gasteiger partial charge in [-0.2, -0.15) is 4.72 Å². The van der Waals surface area contributed by atoms with Crippen molar-refractivity contribution in [3.05, 3.63) is 28.7 Å². The van der Waals surface area contributed by atoms with Gasteiger partial charge in [-0.25, -0.2) is 8.42 Å². The second-order valence-electron chi connectivity index (χ2n) is 7.34. The van der Waals surface area contributed by atoms with Gasteiger partial charge in [-0.05, 0) is 57.1 Å². The van der Waals surface area contributed by atoms with Crippen molar-refractivity contribution in [2.24, 2.45) is 5.92 Å². The molecule has 1 heterocycles. The number of likely N-dealkylation sites (tertiary alicyclic amines) is 1.